The summed E-state index contributed by atoms with van der Waals surface area (Å²) >= 11 is 0. The zero-order valence-electron chi connectivity index (χ0n) is 18.0. The SMILES string of the molecule is CC(=O)[C@]12CCCC[C@H]1C[C@H]1[C@@H]3C[C@H]4O[C@@]45C[C@@H](O)CC[C@]5(C)[C@H]3CC[C@@]12C. The van der Waals surface area contributed by atoms with Crippen molar-refractivity contribution in [2.75, 3.05) is 0 Å². The van der Waals surface area contributed by atoms with Gasteiger partial charge in [-0.2, -0.15) is 0 Å². The fourth-order valence-corrected chi connectivity index (χ4v) is 10.5. The number of carbonyl (C=O) groups is 1. The van der Waals surface area contributed by atoms with Crippen LogP contribution in [-0.4, -0.2) is 28.7 Å². The molecule has 0 amide bonds. The molecular weight excluding hydrogens is 348 g/mol. The van der Waals surface area contributed by atoms with Crippen LogP contribution < -0.4 is 0 Å². The molecule has 1 aliphatic heterocycles. The molecule has 0 radical (unpaired) electrons. The highest BCUT2D eigenvalue weighted by atomic mass is 16.6. The minimum atomic E-state index is -0.168. The number of fused-ring (bicyclic) bond motifs is 6. The number of epoxide rings is 1. The molecule has 0 aromatic heterocycles. The molecule has 1 saturated heterocycles. The first-order valence-corrected chi connectivity index (χ1v) is 12.2. The van der Waals surface area contributed by atoms with Crippen molar-refractivity contribution in [1.82, 2.24) is 0 Å². The molecule has 5 aliphatic carbocycles. The molecule has 5 saturated carbocycles. The van der Waals surface area contributed by atoms with Crippen LogP contribution in [0.3, 0.4) is 0 Å². The van der Waals surface area contributed by atoms with Crippen LogP contribution in [0.15, 0.2) is 0 Å². The molecule has 0 aromatic rings. The highest BCUT2D eigenvalue weighted by Gasteiger charge is 2.77. The summed E-state index contributed by atoms with van der Waals surface area (Å²) in [5.41, 5.74) is 0.371. The highest BCUT2D eigenvalue weighted by Crippen LogP contribution is 2.77. The molecule has 156 valence electrons. The summed E-state index contributed by atoms with van der Waals surface area (Å²) in [5.74, 6) is 3.27. The van der Waals surface area contributed by atoms with E-state index in [1.165, 1.54) is 44.9 Å². The minimum absolute atomic E-state index is 0.0246. The number of ketones is 1. The van der Waals surface area contributed by atoms with Gasteiger partial charge in [0.1, 0.15) is 11.4 Å². The fourth-order valence-electron chi connectivity index (χ4n) is 10.5. The van der Waals surface area contributed by atoms with Crippen LogP contribution in [0.1, 0.15) is 91.4 Å². The fraction of sp³-hybridized carbons (Fsp3) is 0.960. The van der Waals surface area contributed by atoms with E-state index in [0.29, 0.717) is 23.7 Å². The average molecular weight is 387 g/mol. The second kappa shape index (κ2) is 5.44. The van der Waals surface area contributed by atoms with E-state index in [-0.39, 0.29) is 27.9 Å². The molecule has 1 spiro atoms. The van der Waals surface area contributed by atoms with Crippen LogP contribution in [0.5, 0.6) is 0 Å². The first kappa shape index (κ1) is 18.4. The van der Waals surface area contributed by atoms with Crippen LogP contribution in [0, 0.1) is 39.9 Å². The third-order valence-electron chi connectivity index (χ3n) is 11.7. The van der Waals surface area contributed by atoms with Crippen molar-refractivity contribution in [3.8, 4) is 0 Å². The molecule has 6 aliphatic rings. The standard InChI is InChI=1S/C25H38O3/c1-15(26)24-9-5-4-6-16(24)12-20-18-13-21-25(28-21)14-17(27)7-10-23(25,3)19(18)8-11-22(20,24)2/h16-21,27H,4-14H2,1-3H3/t16-,17-,18+,19-,20-,21+,22-,23+,24+,25-/m0/s1. The molecule has 1 heterocycles. The molecule has 3 nitrogen and oxygen atoms in total. The Labute approximate surface area is 170 Å². The van der Waals surface area contributed by atoms with E-state index in [4.69, 9.17) is 4.74 Å². The number of aliphatic hydroxyl groups excluding tert-OH is 1. The van der Waals surface area contributed by atoms with Crippen molar-refractivity contribution >= 4 is 5.78 Å². The van der Waals surface area contributed by atoms with Gasteiger partial charge < -0.3 is 9.84 Å². The zero-order valence-corrected chi connectivity index (χ0v) is 18.0. The molecule has 10 atom stereocenters. The van der Waals surface area contributed by atoms with Gasteiger partial charge in [-0.05, 0) is 87.4 Å². The lowest BCUT2D eigenvalue weighted by Crippen LogP contribution is -2.60. The Morgan fingerprint density at radius 2 is 1.75 bits per heavy atom. The van der Waals surface area contributed by atoms with Crippen LogP contribution in [0.25, 0.3) is 0 Å². The lowest BCUT2D eigenvalue weighted by Gasteiger charge is -2.61. The number of rotatable bonds is 1. The van der Waals surface area contributed by atoms with Crippen molar-refractivity contribution in [3.63, 3.8) is 0 Å². The summed E-state index contributed by atoms with van der Waals surface area (Å²) in [4.78, 5) is 13.2. The Balaban J connectivity index is 1.40. The van der Waals surface area contributed by atoms with E-state index in [0.717, 1.165) is 37.5 Å². The Hall–Kier alpha value is -0.410. The van der Waals surface area contributed by atoms with Crippen molar-refractivity contribution in [2.24, 2.45) is 39.9 Å². The third kappa shape index (κ3) is 1.84. The maximum Gasteiger partial charge on any atom is 0.136 e. The van der Waals surface area contributed by atoms with Gasteiger partial charge in [-0.25, -0.2) is 0 Å². The lowest BCUT2D eigenvalue weighted by atomic mass is 9.42. The zero-order chi connectivity index (χ0) is 19.5. The molecule has 3 heteroatoms. The number of ether oxygens (including phenoxy) is 1. The predicted octanol–water partition coefficient (Wildman–Crippen LogP) is 4.90. The maximum atomic E-state index is 13.2. The van der Waals surface area contributed by atoms with Gasteiger partial charge in [0.15, 0.2) is 0 Å². The molecular formula is C25H38O3. The number of hydrogen-bond acceptors (Lipinski definition) is 3. The summed E-state index contributed by atoms with van der Waals surface area (Å²) in [6.07, 6.45) is 13.1. The molecule has 6 fully saturated rings. The number of carbonyl (C=O) groups excluding carboxylic acids is 1. The minimum Gasteiger partial charge on any atom is -0.393 e. The van der Waals surface area contributed by atoms with E-state index < -0.39 is 0 Å². The summed E-state index contributed by atoms with van der Waals surface area (Å²) in [6, 6.07) is 0. The topological polar surface area (TPSA) is 49.8 Å². The van der Waals surface area contributed by atoms with Gasteiger partial charge in [-0.15, -0.1) is 0 Å². The first-order chi connectivity index (χ1) is 13.3. The Morgan fingerprint density at radius 3 is 2.54 bits per heavy atom. The lowest BCUT2D eigenvalue weighted by molar-refractivity contribution is -0.154. The monoisotopic (exact) mass is 386 g/mol. The molecule has 0 bridgehead atoms. The van der Waals surface area contributed by atoms with Crippen molar-refractivity contribution in [1.29, 1.82) is 0 Å². The van der Waals surface area contributed by atoms with Gasteiger partial charge in [0.2, 0.25) is 0 Å². The summed E-state index contributed by atoms with van der Waals surface area (Å²) in [7, 11) is 0. The van der Waals surface area contributed by atoms with Crippen molar-refractivity contribution in [3.05, 3.63) is 0 Å². The van der Waals surface area contributed by atoms with Gasteiger partial charge in [0, 0.05) is 17.3 Å². The number of Topliss-reactive ketones (excluding diaryl/α,β-unsaturated/α-hetero) is 1. The Bertz CT molecular complexity index is 719. The molecule has 0 unspecified atom stereocenters. The normalized spacial score (nSPS) is 62.0. The van der Waals surface area contributed by atoms with E-state index >= 15 is 0 Å². The Kier molecular flexibility index (Phi) is 3.57. The quantitative estimate of drug-likeness (QED) is 0.652. The van der Waals surface area contributed by atoms with Gasteiger partial charge in [-0.3, -0.25) is 4.79 Å². The van der Waals surface area contributed by atoms with Crippen molar-refractivity contribution < 1.29 is 14.6 Å². The highest BCUT2D eigenvalue weighted by molar-refractivity contribution is 5.84. The van der Waals surface area contributed by atoms with Gasteiger partial charge in [-0.1, -0.05) is 26.7 Å². The van der Waals surface area contributed by atoms with Gasteiger partial charge >= 0.3 is 0 Å². The molecule has 0 aromatic carbocycles. The molecule has 28 heavy (non-hydrogen) atoms. The van der Waals surface area contributed by atoms with Crippen LogP contribution in [0.2, 0.25) is 0 Å². The van der Waals surface area contributed by atoms with Gasteiger partial charge in [0.25, 0.3) is 0 Å². The first-order valence-electron chi connectivity index (χ1n) is 12.2. The predicted molar refractivity (Wildman–Crippen MR) is 108 cm³/mol. The maximum absolute atomic E-state index is 13.2. The van der Waals surface area contributed by atoms with Gasteiger partial charge in [0.05, 0.1) is 12.2 Å². The molecule has 1 N–H and O–H groups in total. The van der Waals surface area contributed by atoms with E-state index in [2.05, 4.69) is 13.8 Å². The third-order valence-corrected chi connectivity index (χ3v) is 11.7. The Morgan fingerprint density at radius 1 is 0.964 bits per heavy atom. The second-order valence-corrected chi connectivity index (χ2v) is 12.1. The van der Waals surface area contributed by atoms with Crippen molar-refractivity contribution in [2.45, 2.75) is 109 Å². The largest absolute Gasteiger partial charge is 0.393 e. The van der Waals surface area contributed by atoms with E-state index in [1.807, 2.05) is 6.92 Å². The van der Waals surface area contributed by atoms with E-state index in [1.54, 1.807) is 0 Å². The average Bonchev–Trinajstić information content (AvgIpc) is 3.27. The smallest absolute Gasteiger partial charge is 0.136 e. The summed E-state index contributed by atoms with van der Waals surface area (Å²) in [6.45, 7) is 6.93. The number of hydrogen-bond donors (Lipinski definition) is 1. The summed E-state index contributed by atoms with van der Waals surface area (Å²) in [5, 5.41) is 10.4. The van der Waals surface area contributed by atoms with Crippen LogP contribution in [-0.2, 0) is 9.53 Å². The van der Waals surface area contributed by atoms with Crippen LogP contribution in [0.4, 0.5) is 0 Å². The van der Waals surface area contributed by atoms with E-state index in [9.17, 15) is 9.90 Å². The number of aliphatic hydroxyl groups is 1. The summed E-state index contributed by atoms with van der Waals surface area (Å²) < 4.78 is 6.48. The molecule has 6 rings (SSSR count). The van der Waals surface area contributed by atoms with Crippen LogP contribution >= 0.6 is 0 Å². The second-order valence-electron chi connectivity index (χ2n) is 12.1.